The van der Waals surface area contributed by atoms with Crippen LogP contribution >= 0.6 is 11.3 Å². The Labute approximate surface area is 186 Å². The van der Waals surface area contributed by atoms with Crippen LogP contribution in [0.1, 0.15) is 34.5 Å². The number of anilines is 2. The van der Waals surface area contributed by atoms with E-state index in [4.69, 9.17) is 0 Å². The first kappa shape index (κ1) is 20.1. The first-order valence-electron chi connectivity index (χ1n) is 11.0. The van der Waals surface area contributed by atoms with E-state index in [1.165, 1.54) is 29.7 Å². The van der Waals surface area contributed by atoms with Crippen molar-refractivity contribution in [2.24, 2.45) is 0 Å². The molecule has 2 fully saturated rings. The van der Waals surface area contributed by atoms with Crippen molar-refractivity contribution < 1.29 is 4.79 Å². The van der Waals surface area contributed by atoms with E-state index in [9.17, 15) is 4.79 Å². The quantitative estimate of drug-likeness (QED) is 0.627. The van der Waals surface area contributed by atoms with E-state index in [-0.39, 0.29) is 5.91 Å². The maximum atomic E-state index is 13.3. The Hall–Kier alpha value is -2.87. The summed E-state index contributed by atoms with van der Waals surface area (Å²) in [5, 5.41) is 10.4. The van der Waals surface area contributed by atoms with Crippen molar-refractivity contribution in [3.05, 3.63) is 53.3 Å². The summed E-state index contributed by atoms with van der Waals surface area (Å²) in [4.78, 5) is 19.9. The third-order valence-corrected chi connectivity index (χ3v) is 7.42. The summed E-state index contributed by atoms with van der Waals surface area (Å²) in [6.45, 7) is 9.51. The van der Waals surface area contributed by atoms with Crippen LogP contribution in [0.2, 0.25) is 0 Å². The van der Waals surface area contributed by atoms with Gasteiger partial charge >= 0.3 is 0 Å². The van der Waals surface area contributed by atoms with E-state index in [2.05, 4.69) is 52.0 Å². The monoisotopic (exact) mass is 436 g/mol. The van der Waals surface area contributed by atoms with Crippen LogP contribution in [0.3, 0.4) is 0 Å². The standard InChI is InChI=1S/C23H28N6OS/c1-17-7-5-8-19(18(17)2)26-13-15-27(16-14-26)21(30)20-9-6-12-29(20)23-25-24-22(31-23)28-10-3-4-11-28/h5-9,12H,3-4,10-11,13-16H2,1-2H3. The average Bonchev–Trinajstić information content (AvgIpc) is 3.55. The molecule has 0 spiro atoms. The van der Waals surface area contributed by atoms with Gasteiger partial charge in [0.15, 0.2) is 0 Å². The summed E-state index contributed by atoms with van der Waals surface area (Å²) in [6.07, 6.45) is 4.32. The Morgan fingerprint density at radius 2 is 1.61 bits per heavy atom. The maximum Gasteiger partial charge on any atom is 0.271 e. The first-order chi connectivity index (χ1) is 15.1. The normalized spacial score (nSPS) is 16.9. The lowest BCUT2D eigenvalue weighted by atomic mass is 10.1. The number of hydrogen-bond acceptors (Lipinski definition) is 6. The van der Waals surface area contributed by atoms with Crippen molar-refractivity contribution in [1.82, 2.24) is 19.7 Å². The molecule has 1 aromatic carbocycles. The lowest BCUT2D eigenvalue weighted by Gasteiger charge is -2.37. The molecule has 2 saturated heterocycles. The van der Waals surface area contributed by atoms with Crippen molar-refractivity contribution in [1.29, 1.82) is 0 Å². The number of piperazine rings is 1. The molecule has 5 rings (SSSR count). The van der Waals surface area contributed by atoms with E-state index in [0.717, 1.165) is 36.4 Å². The number of rotatable bonds is 4. The number of hydrogen-bond donors (Lipinski definition) is 0. The second-order valence-corrected chi connectivity index (χ2v) is 9.26. The van der Waals surface area contributed by atoms with Crippen LogP contribution < -0.4 is 9.80 Å². The summed E-state index contributed by atoms with van der Waals surface area (Å²) in [5.41, 5.74) is 4.56. The van der Waals surface area contributed by atoms with Crippen molar-refractivity contribution in [2.75, 3.05) is 49.1 Å². The van der Waals surface area contributed by atoms with Gasteiger partial charge in [0, 0.05) is 51.2 Å². The summed E-state index contributed by atoms with van der Waals surface area (Å²) < 4.78 is 1.89. The molecule has 7 nitrogen and oxygen atoms in total. The van der Waals surface area contributed by atoms with Crippen LogP contribution in [-0.2, 0) is 0 Å². The van der Waals surface area contributed by atoms with Crippen LogP contribution in [0, 0.1) is 13.8 Å². The smallest absolute Gasteiger partial charge is 0.271 e. The number of nitrogens with zero attached hydrogens (tertiary/aromatic N) is 6. The van der Waals surface area contributed by atoms with E-state index < -0.39 is 0 Å². The molecule has 2 aromatic heterocycles. The Kier molecular flexibility index (Phi) is 5.40. The van der Waals surface area contributed by atoms with E-state index in [1.54, 1.807) is 11.3 Å². The summed E-state index contributed by atoms with van der Waals surface area (Å²) in [5.74, 6) is 0.0588. The molecule has 2 aliphatic heterocycles. The molecular formula is C23H28N6OS. The van der Waals surface area contributed by atoms with E-state index in [0.29, 0.717) is 18.8 Å². The van der Waals surface area contributed by atoms with Gasteiger partial charge in [0.05, 0.1) is 0 Å². The topological polar surface area (TPSA) is 57.5 Å². The molecule has 0 bridgehead atoms. The van der Waals surface area contributed by atoms with Crippen LogP contribution in [-0.4, -0.2) is 64.8 Å². The van der Waals surface area contributed by atoms with Gasteiger partial charge < -0.3 is 14.7 Å². The van der Waals surface area contributed by atoms with E-state index >= 15 is 0 Å². The number of carbonyl (C=O) groups excluding carboxylic acids is 1. The maximum absolute atomic E-state index is 13.3. The van der Waals surface area contributed by atoms with Gasteiger partial charge in [-0.25, -0.2) is 0 Å². The SMILES string of the molecule is Cc1cccc(N2CCN(C(=O)c3cccn3-c3nnc(N4CCCC4)s3)CC2)c1C. The highest BCUT2D eigenvalue weighted by Crippen LogP contribution is 2.28. The Balaban J connectivity index is 1.29. The minimum atomic E-state index is 0.0588. The molecule has 31 heavy (non-hydrogen) atoms. The second kappa shape index (κ2) is 8.34. The molecule has 3 aromatic rings. The van der Waals surface area contributed by atoms with Gasteiger partial charge in [0.1, 0.15) is 5.69 Å². The summed E-state index contributed by atoms with van der Waals surface area (Å²) in [7, 11) is 0. The Bertz CT molecular complexity index is 1080. The van der Waals surface area contributed by atoms with Crippen molar-refractivity contribution >= 4 is 28.1 Å². The van der Waals surface area contributed by atoms with Crippen molar-refractivity contribution in [2.45, 2.75) is 26.7 Å². The molecule has 162 valence electrons. The molecule has 0 aliphatic carbocycles. The molecule has 0 radical (unpaired) electrons. The minimum Gasteiger partial charge on any atom is -0.368 e. The zero-order valence-corrected chi connectivity index (χ0v) is 18.9. The Morgan fingerprint density at radius 3 is 2.39 bits per heavy atom. The van der Waals surface area contributed by atoms with Crippen LogP contribution in [0.4, 0.5) is 10.8 Å². The molecular weight excluding hydrogens is 408 g/mol. The van der Waals surface area contributed by atoms with Gasteiger partial charge in [-0.2, -0.15) is 0 Å². The molecule has 0 unspecified atom stereocenters. The number of aryl methyl sites for hydroxylation is 1. The molecule has 0 atom stereocenters. The second-order valence-electron chi connectivity index (χ2n) is 8.32. The Morgan fingerprint density at radius 1 is 0.871 bits per heavy atom. The first-order valence-corrected chi connectivity index (χ1v) is 11.8. The lowest BCUT2D eigenvalue weighted by molar-refractivity contribution is 0.0738. The molecule has 0 N–H and O–H groups in total. The fraction of sp³-hybridized carbons (Fsp3) is 0.435. The number of carbonyl (C=O) groups is 1. The molecule has 8 heteroatoms. The third kappa shape index (κ3) is 3.80. The summed E-state index contributed by atoms with van der Waals surface area (Å²) >= 11 is 1.55. The van der Waals surface area contributed by atoms with Crippen LogP contribution in [0.5, 0.6) is 0 Å². The van der Waals surface area contributed by atoms with Gasteiger partial charge in [0.25, 0.3) is 5.91 Å². The fourth-order valence-corrected chi connectivity index (χ4v) is 5.35. The zero-order chi connectivity index (χ0) is 21.4. The van der Waals surface area contributed by atoms with Gasteiger partial charge in [-0.1, -0.05) is 23.5 Å². The summed E-state index contributed by atoms with van der Waals surface area (Å²) in [6, 6.07) is 10.2. The van der Waals surface area contributed by atoms with Crippen LogP contribution in [0.25, 0.3) is 5.13 Å². The van der Waals surface area contributed by atoms with Gasteiger partial charge in [-0.3, -0.25) is 9.36 Å². The van der Waals surface area contributed by atoms with Crippen molar-refractivity contribution in [3.8, 4) is 5.13 Å². The zero-order valence-electron chi connectivity index (χ0n) is 18.1. The number of amides is 1. The predicted octanol–water partition coefficient (Wildman–Crippen LogP) is 3.51. The predicted molar refractivity (Wildman–Crippen MR) is 125 cm³/mol. The molecule has 1 amide bonds. The third-order valence-electron chi connectivity index (χ3n) is 6.44. The highest BCUT2D eigenvalue weighted by Gasteiger charge is 2.26. The van der Waals surface area contributed by atoms with Crippen molar-refractivity contribution in [3.63, 3.8) is 0 Å². The number of benzene rings is 1. The molecule has 2 aliphatic rings. The average molecular weight is 437 g/mol. The molecule has 4 heterocycles. The largest absolute Gasteiger partial charge is 0.368 e. The minimum absolute atomic E-state index is 0.0588. The van der Waals surface area contributed by atoms with Gasteiger partial charge in [-0.05, 0) is 56.0 Å². The molecule has 0 saturated carbocycles. The van der Waals surface area contributed by atoms with Crippen LogP contribution in [0.15, 0.2) is 36.5 Å². The van der Waals surface area contributed by atoms with Gasteiger partial charge in [-0.15, -0.1) is 10.2 Å². The van der Waals surface area contributed by atoms with Gasteiger partial charge in [0.2, 0.25) is 10.3 Å². The highest BCUT2D eigenvalue weighted by atomic mass is 32.1. The highest BCUT2D eigenvalue weighted by molar-refractivity contribution is 7.17. The van der Waals surface area contributed by atoms with E-state index in [1.807, 2.05) is 27.8 Å². The fourth-order valence-electron chi connectivity index (χ4n) is 4.45. The lowest BCUT2D eigenvalue weighted by Crippen LogP contribution is -2.49. The number of aromatic nitrogens is 3.